The highest BCUT2D eigenvalue weighted by Gasteiger charge is 2.20. The zero-order valence-corrected chi connectivity index (χ0v) is 11.6. The lowest BCUT2D eigenvalue weighted by Gasteiger charge is -2.06. The van der Waals surface area contributed by atoms with Gasteiger partial charge in [0.05, 0.1) is 6.61 Å². The molecular formula is C10H11BrFNO4S. The summed E-state index contributed by atoms with van der Waals surface area (Å²) in [5.41, 5.74) is 4.89. The molecule has 0 saturated carbocycles. The standard InChI is InChI=1S/C10H11BrFNO4S/c11-7-3-4-9(8(12)6-7)18(15,16)17-5-1-2-10(13)14/h3-4,6H,1-2,5H2,(H2,13,14). The highest BCUT2D eigenvalue weighted by atomic mass is 79.9. The van der Waals surface area contributed by atoms with Crippen molar-refractivity contribution in [3.8, 4) is 0 Å². The van der Waals surface area contributed by atoms with Gasteiger partial charge in [-0.2, -0.15) is 8.42 Å². The van der Waals surface area contributed by atoms with E-state index in [0.717, 1.165) is 12.1 Å². The molecule has 0 saturated heterocycles. The second-order valence-electron chi connectivity index (χ2n) is 3.42. The van der Waals surface area contributed by atoms with Crippen molar-refractivity contribution in [2.24, 2.45) is 5.73 Å². The summed E-state index contributed by atoms with van der Waals surface area (Å²) in [6.45, 7) is -0.221. The van der Waals surface area contributed by atoms with Crippen LogP contribution in [0.3, 0.4) is 0 Å². The summed E-state index contributed by atoms with van der Waals surface area (Å²) in [7, 11) is -4.15. The van der Waals surface area contributed by atoms with E-state index in [0.29, 0.717) is 4.47 Å². The third-order valence-corrected chi connectivity index (χ3v) is 3.81. The summed E-state index contributed by atoms with van der Waals surface area (Å²) in [4.78, 5) is 9.90. The van der Waals surface area contributed by atoms with Gasteiger partial charge < -0.3 is 5.73 Å². The lowest BCUT2D eigenvalue weighted by Crippen LogP contribution is -2.13. The molecule has 1 aromatic rings. The van der Waals surface area contributed by atoms with E-state index in [-0.39, 0.29) is 19.4 Å². The van der Waals surface area contributed by atoms with E-state index in [1.807, 2.05) is 0 Å². The molecule has 100 valence electrons. The molecule has 0 unspecified atom stereocenters. The molecule has 0 aliphatic carbocycles. The van der Waals surface area contributed by atoms with Gasteiger partial charge in [-0.3, -0.25) is 8.98 Å². The second-order valence-corrected chi connectivity index (χ2v) is 5.92. The largest absolute Gasteiger partial charge is 0.370 e. The zero-order chi connectivity index (χ0) is 13.8. The number of benzene rings is 1. The molecule has 0 spiro atoms. The summed E-state index contributed by atoms with van der Waals surface area (Å²) in [6, 6.07) is 3.52. The Bertz CT molecular complexity index is 547. The summed E-state index contributed by atoms with van der Waals surface area (Å²) in [5, 5.41) is 0. The molecule has 2 N–H and O–H groups in total. The van der Waals surface area contributed by atoms with E-state index in [2.05, 4.69) is 20.1 Å². The highest BCUT2D eigenvalue weighted by molar-refractivity contribution is 9.10. The summed E-state index contributed by atoms with van der Waals surface area (Å²) in [5.74, 6) is -1.45. The highest BCUT2D eigenvalue weighted by Crippen LogP contribution is 2.21. The molecule has 0 radical (unpaired) electrons. The normalized spacial score (nSPS) is 11.4. The number of nitrogens with two attached hydrogens (primary N) is 1. The Labute approximate surface area is 112 Å². The van der Waals surface area contributed by atoms with Crippen molar-refractivity contribution in [3.63, 3.8) is 0 Å². The predicted octanol–water partition coefficient (Wildman–Crippen LogP) is 1.56. The maximum Gasteiger partial charge on any atom is 0.299 e. The molecule has 0 atom stereocenters. The number of rotatable bonds is 6. The number of carbonyl (C=O) groups is 1. The summed E-state index contributed by atoms with van der Waals surface area (Å²) in [6.07, 6.45) is 0.172. The third-order valence-electron chi connectivity index (χ3n) is 1.97. The Balaban J connectivity index is 2.71. The molecule has 8 heteroatoms. The first-order chi connectivity index (χ1) is 8.33. The van der Waals surface area contributed by atoms with Gasteiger partial charge in [0, 0.05) is 10.9 Å². The van der Waals surface area contributed by atoms with Gasteiger partial charge in [-0.05, 0) is 24.6 Å². The van der Waals surface area contributed by atoms with Crippen LogP contribution in [0.5, 0.6) is 0 Å². The molecule has 18 heavy (non-hydrogen) atoms. The summed E-state index contributed by atoms with van der Waals surface area (Å²) < 4.78 is 41.7. The van der Waals surface area contributed by atoms with Crippen molar-refractivity contribution in [1.29, 1.82) is 0 Å². The molecule has 0 aliphatic heterocycles. The van der Waals surface area contributed by atoms with Gasteiger partial charge in [0.15, 0.2) is 0 Å². The van der Waals surface area contributed by atoms with Crippen LogP contribution < -0.4 is 5.73 Å². The Kier molecular flexibility index (Phi) is 5.24. The first-order valence-corrected chi connectivity index (χ1v) is 7.16. The van der Waals surface area contributed by atoms with E-state index >= 15 is 0 Å². The molecule has 1 amide bonds. The van der Waals surface area contributed by atoms with E-state index < -0.39 is 26.7 Å². The number of amides is 1. The molecule has 0 fully saturated rings. The van der Waals surface area contributed by atoms with E-state index in [1.54, 1.807) is 0 Å². The van der Waals surface area contributed by atoms with Crippen LogP contribution in [0, 0.1) is 5.82 Å². The molecule has 0 aliphatic rings. The molecule has 5 nitrogen and oxygen atoms in total. The SMILES string of the molecule is NC(=O)CCCOS(=O)(=O)c1ccc(Br)cc1F. The maximum absolute atomic E-state index is 13.4. The third kappa shape index (κ3) is 4.35. The van der Waals surface area contributed by atoms with Gasteiger partial charge in [0.1, 0.15) is 10.7 Å². The lowest BCUT2D eigenvalue weighted by molar-refractivity contribution is -0.118. The van der Waals surface area contributed by atoms with Crippen LogP contribution in [0.1, 0.15) is 12.8 Å². The van der Waals surface area contributed by atoms with Crippen LogP contribution in [0.2, 0.25) is 0 Å². The van der Waals surface area contributed by atoms with Crippen LogP contribution in [-0.4, -0.2) is 20.9 Å². The van der Waals surface area contributed by atoms with Gasteiger partial charge >= 0.3 is 0 Å². The monoisotopic (exact) mass is 339 g/mol. The number of hydrogen-bond donors (Lipinski definition) is 1. The second kappa shape index (κ2) is 6.26. The van der Waals surface area contributed by atoms with Gasteiger partial charge in [-0.25, -0.2) is 4.39 Å². The van der Waals surface area contributed by atoms with E-state index in [9.17, 15) is 17.6 Å². The minimum Gasteiger partial charge on any atom is -0.370 e. The van der Waals surface area contributed by atoms with Crippen LogP contribution >= 0.6 is 15.9 Å². The average molecular weight is 340 g/mol. The fourth-order valence-corrected chi connectivity index (χ4v) is 2.49. The minimum atomic E-state index is -4.15. The average Bonchev–Trinajstić information content (AvgIpc) is 2.23. The fourth-order valence-electron chi connectivity index (χ4n) is 1.16. The van der Waals surface area contributed by atoms with Crippen LogP contribution in [-0.2, 0) is 19.1 Å². The molecule has 1 rings (SSSR count). The van der Waals surface area contributed by atoms with Crippen LogP contribution in [0.15, 0.2) is 27.6 Å². The number of hydrogen-bond acceptors (Lipinski definition) is 4. The van der Waals surface area contributed by atoms with Gasteiger partial charge in [-0.1, -0.05) is 15.9 Å². The van der Waals surface area contributed by atoms with Crippen molar-refractivity contribution in [3.05, 3.63) is 28.5 Å². The smallest absolute Gasteiger partial charge is 0.299 e. The van der Waals surface area contributed by atoms with Crippen LogP contribution in [0.4, 0.5) is 4.39 Å². The van der Waals surface area contributed by atoms with Crippen molar-refractivity contribution in [1.82, 2.24) is 0 Å². The van der Waals surface area contributed by atoms with Crippen molar-refractivity contribution in [2.45, 2.75) is 17.7 Å². The van der Waals surface area contributed by atoms with E-state index in [4.69, 9.17) is 5.73 Å². The molecular weight excluding hydrogens is 329 g/mol. The van der Waals surface area contributed by atoms with Crippen molar-refractivity contribution >= 4 is 32.0 Å². The van der Waals surface area contributed by atoms with Crippen molar-refractivity contribution in [2.75, 3.05) is 6.61 Å². The quantitative estimate of drug-likeness (QED) is 0.629. The zero-order valence-electron chi connectivity index (χ0n) is 9.23. The van der Waals surface area contributed by atoms with Gasteiger partial charge in [0.2, 0.25) is 5.91 Å². The van der Waals surface area contributed by atoms with Gasteiger partial charge in [-0.15, -0.1) is 0 Å². The molecule has 0 aromatic heterocycles. The minimum absolute atomic E-state index is 0.0122. The molecule has 0 bridgehead atoms. The lowest BCUT2D eigenvalue weighted by atomic mass is 10.3. The number of primary amides is 1. The Morgan fingerprint density at radius 3 is 2.67 bits per heavy atom. The Morgan fingerprint density at radius 1 is 1.44 bits per heavy atom. The van der Waals surface area contributed by atoms with Gasteiger partial charge in [0.25, 0.3) is 10.1 Å². The molecule has 0 heterocycles. The predicted molar refractivity (Wildman–Crippen MR) is 65.7 cm³/mol. The number of halogens is 2. The maximum atomic E-state index is 13.4. The Morgan fingerprint density at radius 2 is 2.11 bits per heavy atom. The van der Waals surface area contributed by atoms with E-state index in [1.165, 1.54) is 6.07 Å². The number of carbonyl (C=O) groups excluding carboxylic acids is 1. The Hall–Kier alpha value is -0.990. The first-order valence-electron chi connectivity index (χ1n) is 4.96. The summed E-state index contributed by atoms with van der Waals surface area (Å²) >= 11 is 3.02. The van der Waals surface area contributed by atoms with Crippen LogP contribution in [0.25, 0.3) is 0 Å². The topological polar surface area (TPSA) is 86.5 Å². The fraction of sp³-hybridized carbons (Fsp3) is 0.300. The van der Waals surface area contributed by atoms with Crippen molar-refractivity contribution < 1.29 is 21.8 Å². The first kappa shape index (κ1) is 15.1. The molecule has 1 aromatic carbocycles.